The fourth-order valence-corrected chi connectivity index (χ4v) is 4.70. The molecule has 0 saturated carbocycles. The summed E-state index contributed by atoms with van der Waals surface area (Å²) in [6, 6.07) is 16.2. The van der Waals surface area contributed by atoms with E-state index in [9.17, 15) is 14.7 Å². The number of hydrogen-bond donors (Lipinski definition) is 1. The Balaban J connectivity index is 1.73. The first-order valence-electron chi connectivity index (χ1n) is 12.1. The van der Waals surface area contributed by atoms with Gasteiger partial charge in [-0.1, -0.05) is 30.3 Å². The molecule has 1 aromatic heterocycles. The summed E-state index contributed by atoms with van der Waals surface area (Å²) >= 11 is 0. The Morgan fingerprint density at radius 3 is 2.37 bits per heavy atom. The highest BCUT2D eigenvalue weighted by Crippen LogP contribution is 2.40. The van der Waals surface area contributed by atoms with Gasteiger partial charge >= 0.3 is 0 Å². The summed E-state index contributed by atoms with van der Waals surface area (Å²) in [4.78, 5) is 32.7. The van der Waals surface area contributed by atoms with Crippen LogP contribution in [0.25, 0.3) is 11.0 Å². The Hall–Kier alpha value is -3.58. The fourth-order valence-electron chi connectivity index (χ4n) is 4.70. The number of furan rings is 1. The zero-order valence-electron chi connectivity index (χ0n) is 20.8. The van der Waals surface area contributed by atoms with Gasteiger partial charge in [-0.2, -0.15) is 0 Å². The zero-order valence-corrected chi connectivity index (χ0v) is 20.8. The number of rotatable bonds is 10. The van der Waals surface area contributed by atoms with Crippen LogP contribution in [0.15, 0.2) is 70.3 Å². The van der Waals surface area contributed by atoms with Crippen LogP contribution in [0, 0.1) is 0 Å². The Morgan fingerprint density at radius 1 is 1.06 bits per heavy atom. The quantitative estimate of drug-likeness (QED) is 0.424. The molecule has 2 aromatic carbocycles. The third-order valence-corrected chi connectivity index (χ3v) is 6.54. The Kier molecular flexibility index (Phi) is 7.26. The third kappa shape index (κ3) is 4.82. The van der Waals surface area contributed by atoms with Crippen LogP contribution in [0.2, 0.25) is 0 Å². The molecule has 0 spiro atoms. The highest BCUT2D eigenvalue weighted by atomic mass is 16.3. The molecule has 0 fully saturated rings. The average molecular weight is 476 g/mol. The summed E-state index contributed by atoms with van der Waals surface area (Å²) in [6.07, 6.45) is 0.714. The average Bonchev–Trinajstić information content (AvgIpc) is 3.39. The first-order chi connectivity index (χ1) is 16.8. The number of para-hydroxylation sites is 1. The van der Waals surface area contributed by atoms with Crippen molar-refractivity contribution in [3.05, 3.63) is 77.3 Å². The van der Waals surface area contributed by atoms with E-state index in [1.807, 2.05) is 61.5 Å². The standard InChI is InChI=1S/C28H33N3O4/c1-5-30(6-2)21-14-12-19(13-15-21)25-24(27(33)28(34)31(25)17-9-16-29(3)4)26(32)23-18-20-10-7-8-11-22(20)35-23/h7-8,10-15,18,25,33H,5-6,9,16-17H2,1-4H3. The van der Waals surface area contributed by atoms with Crippen LogP contribution in [0.5, 0.6) is 0 Å². The number of amides is 1. The first-order valence-corrected chi connectivity index (χ1v) is 12.1. The smallest absolute Gasteiger partial charge is 0.290 e. The monoisotopic (exact) mass is 475 g/mol. The van der Waals surface area contributed by atoms with Crippen molar-refractivity contribution in [3.63, 3.8) is 0 Å². The highest BCUT2D eigenvalue weighted by Gasteiger charge is 2.44. The van der Waals surface area contributed by atoms with Gasteiger partial charge in [-0.15, -0.1) is 0 Å². The van der Waals surface area contributed by atoms with Gasteiger partial charge in [0, 0.05) is 30.7 Å². The van der Waals surface area contributed by atoms with E-state index in [1.165, 1.54) is 0 Å². The van der Waals surface area contributed by atoms with Gasteiger partial charge in [0.05, 0.1) is 11.6 Å². The van der Waals surface area contributed by atoms with Gasteiger partial charge in [-0.25, -0.2) is 0 Å². The molecule has 0 saturated heterocycles. The van der Waals surface area contributed by atoms with E-state index in [4.69, 9.17) is 4.42 Å². The molecule has 35 heavy (non-hydrogen) atoms. The number of carbonyl (C=O) groups is 2. The Labute approximate surface area is 206 Å². The topological polar surface area (TPSA) is 77.2 Å². The maximum Gasteiger partial charge on any atom is 0.290 e. The minimum Gasteiger partial charge on any atom is -0.503 e. The summed E-state index contributed by atoms with van der Waals surface area (Å²) in [5.41, 5.74) is 2.50. The van der Waals surface area contributed by atoms with Crippen molar-refractivity contribution in [2.75, 3.05) is 45.2 Å². The van der Waals surface area contributed by atoms with Crippen molar-refractivity contribution >= 4 is 28.3 Å². The number of aliphatic hydroxyl groups excluding tert-OH is 1. The van der Waals surface area contributed by atoms with Crippen LogP contribution >= 0.6 is 0 Å². The molecular weight excluding hydrogens is 442 g/mol. The molecule has 2 heterocycles. The highest BCUT2D eigenvalue weighted by molar-refractivity contribution is 6.16. The van der Waals surface area contributed by atoms with Crippen LogP contribution < -0.4 is 4.90 Å². The van der Waals surface area contributed by atoms with Crippen molar-refractivity contribution in [1.82, 2.24) is 9.80 Å². The number of benzene rings is 2. The molecule has 1 aliphatic heterocycles. The number of ketones is 1. The van der Waals surface area contributed by atoms with Crippen molar-refractivity contribution in [2.45, 2.75) is 26.3 Å². The van der Waals surface area contributed by atoms with E-state index in [0.29, 0.717) is 18.5 Å². The van der Waals surface area contributed by atoms with Crippen molar-refractivity contribution in [1.29, 1.82) is 0 Å². The van der Waals surface area contributed by atoms with Gasteiger partial charge < -0.3 is 24.2 Å². The van der Waals surface area contributed by atoms with Gasteiger partial charge in [0.1, 0.15) is 5.58 Å². The summed E-state index contributed by atoms with van der Waals surface area (Å²) < 4.78 is 5.80. The minimum absolute atomic E-state index is 0.0644. The maximum absolute atomic E-state index is 13.6. The molecule has 7 heteroatoms. The molecular formula is C28H33N3O4. The largest absolute Gasteiger partial charge is 0.503 e. The SMILES string of the molecule is CCN(CC)c1ccc(C2C(C(=O)c3cc4ccccc4o3)=C(O)C(=O)N2CCCN(C)C)cc1. The number of Topliss-reactive ketones (excluding diaryl/α,β-unsaturated/α-hetero) is 1. The summed E-state index contributed by atoms with van der Waals surface area (Å²) in [6.45, 7) is 7.16. The van der Waals surface area contributed by atoms with Gasteiger partial charge in [0.25, 0.3) is 5.91 Å². The van der Waals surface area contributed by atoms with Crippen molar-refractivity contribution in [2.24, 2.45) is 0 Å². The summed E-state index contributed by atoms with van der Waals surface area (Å²) in [5, 5.41) is 11.7. The van der Waals surface area contributed by atoms with Gasteiger partial charge in [-0.05, 0) is 70.7 Å². The van der Waals surface area contributed by atoms with E-state index in [1.54, 1.807) is 17.0 Å². The number of fused-ring (bicyclic) bond motifs is 1. The molecule has 0 aliphatic carbocycles. The van der Waals surface area contributed by atoms with Crippen LogP contribution in [0.1, 0.15) is 42.4 Å². The summed E-state index contributed by atoms with van der Waals surface area (Å²) in [5.74, 6) is -1.39. The zero-order chi connectivity index (χ0) is 25.1. The molecule has 1 amide bonds. The molecule has 4 rings (SSSR count). The molecule has 184 valence electrons. The second-order valence-corrected chi connectivity index (χ2v) is 9.06. The van der Waals surface area contributed by atoms with Gasteiger partial charge in [0.2, 0.25) is 5.78 Å². The second-order valence-electron chi connectivity index (χ2n) is 9.06. The van der Waals surface area contributed by atoms with Crippen LogP contribution in [-0.2, 0) is 4.79 Å². The lowest BCUT2D eigenvalue weighted by Gasteiger charge is -2.28. The molecule has 3 aromatic rings. The summed E-state index contributed by atoms with van der Waals surface area (Å²) in [7, 11) is 3.95. The van der Waals surface area contributed by atoms with E-state index >= 15 is 0 Å². The van der Waals surface area contributed by atoms with E-state index in [0.717, 1.165) is 36.3 Å². The van der Waals surface area contributed by atoms with Crippen LogP contribution in [0.4, 0.5) is 5.69 Å². The number of anilines is 1. The van der Waals surface area contributed by atoms with Crippen molar-refractivity contribution < 1.29 is 19.1 Å². The number of nitrogens with zero attached hydrogens (tertiary/aromatic N) is 3. The predicted molar refractivity (Wildman–Crippen MR) is 138 cm³/mol. The first kappa shape index (κ1) is 24.5. The van der Waals surface area contributed by atoms with Crippen LogP contribution in [0.3, 0.4) is 0 Å². The second kappa shape index (κ2) is 10.4. The minimum atomic E-state index is -0.684. The molecule has 1 unspecified atom stereocenters. The molecule has 1 atom stereocenters. The lowest BCUT2D eigenvalue weighted by Crippen LogP contribution is -2.33. The Morgan fingerprint density at radius 2 is 1.74 bits per heavy atom. The molecule has 0 radical (unpaired) electrons. The number of aliphatic hydroxyl groups is 1. The predicted octanol–water partition coefficient (Wildman–Crippen LogP) is 4.81. The van der Waals surface area contributed by atoms with Gasteiger partial charge in [-0.3, -0.25) is 9.59 Å². The lowest BCUT2D eigenvalue weighted by atomic mass is 9.94. The lowest BCUT2D eigenvalue weighted by molar-refractivity contribution is -0.129. The molecule has 1 N–H and O–H groups in total. The normalized spacial score (nSPS) is 16.1. The number of hydrogen-bond acceptors (Lipinski definition) is 6. The Bertz CT molecular complexity index is 1210. The molecule has 1 aliphatic rings. The number of carbonyl (C=O) groups excluding carboxylic acids is 2. The van der Waals surface area contributed by atoms with Crippen LogP contribution in [-0.4, -0.2) is 66.9 Å². The molecule has 7 nitrogen and oxygen atoms in total. The van der Waals surface area contributed by atoms with Gasteiger partial charge in [0.15, 0.2) is 11.5 Å². The van der Waals surface area contributed by atoms with E-state index in [-0.39, 0.29) is 11.3 Å². The molecule has 0 bridgehead atoms. The van der Waals surface area contributed by atoms with E-state index in [2.05, 4.69) is 18.7 Å². The maximum atomic E-state index is 13.6. The third-order valence-electron chi connectivity index (χ3n) is 6.54. The van der Waals surface area contributed by atoms with Crippen molar-refractivity contribution in [3.8, 4) is 0 Å². The van der Waals surface area contributed by atoms with E-state index < -0.39 is 23.5 Å². The fraction of sp³-hybridized carbons (Fsp3) is 0.357.